The van der Waals surface area contributed by atoms with E-state index in [1.54, 1.807) is 12.3 Å². The second-order valence-electron chi connectivity index (χ2n) is 4.72. The molecule has 0 unspecified atom stereocenters. The van der Waals surface area contributed by atoms with Crippen LogP contribution in [0.25, 0.3) is 0 Å². The molecule has 1 saturated heterocycles. The zero-order valence-corrected chi connectivity index (χ0v) is 10.9. The summed E-state index contributed by atoms with van der Waals surface area (Å²) in [6, 6.07) is 3.05. The van der Waals surface area contributed by atoms with Gasteiger partial charge < -0.3 is 10.2 Å². The van der Waals surface area contributed by atoms with Gasteiger partial charge in [-0.1, -0.05) is 0 Å². The van der Waals surface area contributed by atoms with Crippen molar-refractivity contribution in [1.29, 1.82) is 0 Å². The maximum absolute atomic E-state index is 12.1. The summed E-state index contributed by atoms with van der Waals surface area (Å²) in [5.41, 5.74) is 0.193. The van der Waals surface area contributed by atoms with Gasteiger partial charge in [0.25, 0.3) is 5.91 Å². The van der Waals surface area contributed by atoms with Gasteiger partial charge in [0.15, 0.2) is 0 Å². The molecule has 0 aromatic carbocycles. The highest BCUT2D eigenvalue weighted by Crippen LogP contribution is 2.22. The van der Waals surface area contributed by atoms with Gasteiger partial charge in [0.05, 0.1) is 5.56 Å². The topological polar surface area (TPSA) is 45.2 Å². The van der Waals surface area contributed by atoms with Gasteiger partial charge in [0.2, 0.25) is 0 Å². The number of pyridine rings is 1. The number of rotatable bonds is 3. The molecule has 0 radical (unpaired) electrons. The zero-order valence-electron chi connectivity index (χ0n) is 10.9. The average Bonchev–Trinajstić information content (AvgIpc) is 2.45. The average molecular weight is 287 g/mol. The summed E-state index contributed by atoms with van der Waals surface area (Å²) in [6.07, 6.45) is 0.257. The van der Waals surface area contributed by atoms with E-state index in [-0.39, 0.29) is 5.56 Å². The molecule has 2 rings (SSSR count). The van der Waals surface area contributed by atoms with Crippen LogP contribution in [0.2, 0.25) is 0 Å². The molecule has 1 aliphatic heterocycles. The van der Waals surface area contributed by atoms with Crippen LogP contribution in [0, 0.1) is 0 Å². The lowest BCUT2D eigenvalue weighted by Crippen LogP contribution is -2.36. The minimum absolute atomic E-state index is 0.193. The first-order valence-electron chi connectivity index (χ1n) is 6.52. The van der Waals surface area contributed by atoms with E-state index < -0.39 is 18.6 Å². The summed E-state index contributed by atoms with van der Waals surface area (Å²) in [5, 5.41) is 1.89. The molecule has 0 aliphatic carbocycles. The molecular weight excluding hydrogens is 271 g/mol. The fourth-order valence-electron chi connectivity index (χ4n) is 2.21. The van der Waals surface area contributed by atoms with Crippen LogP contribution in [0.1, 0.15) is 29.6 Å². The Labute approximate surface area is 115 Å². The molecule has 20 heavy (non-hydrogen) atoms. The molecule has 0 spiro atoms. The maximum Gasteiger partial charge on any atom is 0.405 e. The van der Waals surface area contributed by atoms with Crippen molar-refractivity contribution in [3.05, 3.63) is 23.9 Å². The molecule has 0 atom stereocenters. The fourth-order valence-corrected chi connectivity index (χ4v) is 2.21. The van der Waals surface area contributed by atoms with Crippen molar-refractivity contribution in [3.63, 3.8) is 0 Å². The summed E-state index contributed by atoms with van der Waals surface area (Å²) < 4.78 is 36.4. The minimum Gasteiger partial charge on any atom is -0.356 e. The fraction of sp³-hybridized carbons (Fsp3) is 0.538. The highest BCUT2D eigenvalue weighted by Gasteiger charge is 2.29. The van der Waals surface area contributed by atoms with E-state index in [2.05, 4.69) is 4.98 Å². The molecule has 4 nitrogen and oxygen atoms in total. The summed E-state index contributed by atoms with van der Waals surface area (Å²) in [5.74, 6) is -0.275. The Hall–Kier alpha value is -1.79. The van der Waals surface area contributed by atoms with Crippen LogP contribution in [0.4, 0.5) is 19.0 Å². The Balaban J connectivity index is 2.12. The monoisotopic (exact) mass is 287 g/mol. The number of amides is 1. The summed E-state index contributed by atoms with van der Waals surface area (Å²) in [7, 11) is 0. The SMILES string of the molecule is O=C(NCC(F)(F)F)c1cccnc1N1CCCCC1. The van der Waals surface area contributed by atoms with Crippen LogP contribution in [0.3, 0.4) is 0 Å². The van der Waals surface area contributed by atoms with Crippen molar-refractivity contribution >= 4 is 11.7 Å². The number of carbonyl (C=O) groups is 1. The van der Waals surface area contributed by atoms with E-state index in [1.165, 1.54) is 6.07 Å². The number of piperidine rings is 1. The molecule has 1 fully saturated rings. The molecule has 1 aromatic rings. The molecule has 0 bridgehead atoms. The first kappa shape index (κ1) is 14.6. The van der Waals surface area contributed by atoms with Crippen molar-refractivity contribution in [1.82, 2.24) is 10.3 Å². The number of hydrogen-bond donors (Lipinski definition) is 1. The zero-order chi connectivity index (χ0) is 14.6. The molecule has 1 aromatic heterocycles. The summed E-state index contributed by atoms with van der Waals surface area (Å²) in [4.78, 5) is 18.0. The van der Waals surface area contributed by atoms with E-state index in [9.17, 15) is 18.0 Å². The quantitative estimate of drug-likeness (QED) is 0.928. The highest BCUT2D eigenvalue weighted by atomic mass is 19.4. The minimum atomic E-state index is -4.41. The number of carbonyl (C=O) groups excluding carboxylic acids is 1. The maximum atomic E-state index is 12.1. The predicted molar refractivity (Wildman–Crippen MR) is 68.7 cm³/mol. The standard InChI is InChI=1S/C13H16F3N3O/c14-13(15,16)9-18-12(20)10-5-4-6-17-11(10)19-7-2-1-3-8-19/h4-6H,1-3,7-9H2,(H,18,20). The molecule has 2 heterocycles. The Morgan fingerprint density at radius 1 is 1.30 bits per heavy atom. The third-order valence-corrected chi connectivity index (χ3v) is 3.14. The van der Waals surface area contributed by atoms with E-state index in [0.717, 1.165) is 32.4 Å². The number of halogens is 3. The van der Waals surface area contributed by atoms with Gasteiger partial charge in [-0.2, -0.15) is 13.2 Å². The number of anilines is 1. The van der Waals surface area contributed by atoms with Crippen molar-refractivity contribution < 1.29 is 18.0 Å². The second kappa shape index (κ2) is 6.11. The summed E-state index contributed by atoms with van der Waals surface area (Å²) in [6.45, 7) is 0.216. The second-order valence-corrected chi connectivity index (χ2v) is 4.72. The van der Waals surface area contributed by atoms with Crippen LogP contribution >= 0.6 is 0 Å². The van der Waals surface area contributed by atoms with E-state index >= 15 is 0 Å². The van der Waals surface area contributed by atoms with Gasteiger partial charge in [0, 0.05) is 19.3 Å². The smallest absolute Gasteiger partial charge is 0.356 e. The number of aromatic nitrogens is 1. The third-order valence-electron chi connectivity index (χ3n) is 3.14. The van der Waals surface area contributed by atoms with Gasteiger partial charge in [-0.15, -0.1) is 0 Å². The Bertz CT molecular complexity index is 470. The third kappa shape index (κ3) is 3.85. The first-order chi connectivity index (χ1) is 9.47. The van der Waals surface area contributed by atoms with Crippen LogP contribution in [0.15, 0.2) is 18.3 Å². The molecule has 1 aliphatic rings. The van der Waals surface area contributed by atoms with Gasteiger partial charge >= 0.3 is 6.18 Å². The van der Waals surface area contributed by atoms with Crippen LogP contribution in [0.5, 0.6) is 0 Å². The lowest BCUT2D eigenvalue weighted by atomic mass is 10.1. The van der Waals surface area contributed by atoms with Gasteiger partial charge in [-0.3, -0.25) is 4.79 Å². The van der Waals surface area contributed by atoms with Crippen molar-refractivity contribution in [3.8, 4) is 0 Å². The normalized spacial score (nSPS) is 16.1. The van der Waals surface area contributed by atoms with Gasteiger partial charge in [-0.25, -0.2) is 4.98 Å². The number of hydrogen-bond acceptors (Lipinski definition) is 3. The van der Waals surface area contributed by atoms with Crippen molar-refractivity contribution in [2.75, 3.05) is 24.5 Å². The molecule has 1 N–H and O–H groups in total. The Kier molecular flexibility index (Phi) is 4.46. The largest absolute Gasteiger partial charge is 0.405 e. The van der Waals surface area contributed by atoms with Gasteiger partial charge in [0.1, 0.15) is 12.4 Å². The van der Waals surface area contributed by atoms with E-state index in [0.29, 0.717) is 5.82 Å². The first-order valence-corrected chi connectivity index (χ1v) is 6.52. The van der Waals surface area contributed by atoms with Crippen LogP contribution < -0.4 is 10.2 Å². The van der Waals surface area contributed by atoms with Crippen molar-refractivity contribution in [2.45, 2.75) is 25.4 Å². The molecule has 1 amide bonds. The highest BCUT2D eigenvalue weighted by molar-refractivity contribution is 5.98. The number of alkyl halides is 3. The Morgan fingerprint density at radius 3 is 2.65 bits per heavy atom. The van der Waals surface area contributed by atoms with Crippen LogP contribution in [-0.4, -0.2) is 36.7 Å². The van der Waals surface area contributed by atoms with Crippen LogP contribution in [-0.2, 0) is 0 Å². The summed E-state index contributed by atoms with van der Waals surface area (Å²) >= 11 is 0. The predicted octanol–water partition coefficient (Wildman–Crippen LogP) is 2.36. The lowest BCUT2D eigenvalue weighted by molar-refractivity contribution is -0.123. The number of nitrogens with one attached hydrogen (secondary N) is 1. The molecule has 7 heteroatoms. The van der Waals surface area contributed by atoms with E-state index in [4.69, 9.17) is 0 Å². The lowest BCUT2D eigenvalue weighted by Gasteiger charge is -2.29. The molecule has 0 saturated carbocycles. The Morgan fingerprint density at radius 2 is 2.00 bits per heavy atom. The molecule has 110 valence electrons. The molecular formula is C13H16F3N3O. The van der Waals surface area contributed by atoms with Gasteiger partial charge in [-0.05, 0) is 31.4 Å². The number of nitrogens with zero attached hydrogens (tertiary/aromatic N) is 2. The van der Waals surface area contributed by atoms with Crippen molar-refractivity contribution in [2.24, 2.45) is 0 Å². The van der Waals surface area contributed by atoms with E-state index in [1.807, 2.05) is 10.2 Å².